The van der Waals surface area contributed by atoms with E-state index in [2.05, 4.69) is 10.2 Å². The highest BCUT2D eigenvalue weighted by Crippen LogP contribution is 2.31. The SMILES string of the molecule is CNC1CCN(CC2Cc3cc(Cl)ccc3O2)C1. The Bertz CT molecular complexity index is 438. The van der Waals surface area contributed by atoms with E-state index in [1.807, 2.05) is 25.2 Å². The normalized spacial score (nSPS) is 27.2. The summed E-state index contributed by atoms with van der Waals surface area (Å²) in [7, 11) is 2.04. The topological polar surface area (TPSA) is 24.5 Å². The highest BCUT2D eigenvalue weighted by atomic mass is 35.5. The minimum atomic E-state index is 0.286. The van der Waals surface area contributed by atoms with Crippen LogP contribution in [0.4, 0.5) is 0 Å². The summed E-state index contributed by atoms with van der Waals surface area (Å²) in [4.78, 5) is 2.49. The summed E-state index contributed by atoms with van der Waals surface area (Å²) in [6.45, 7) is 3.32. The van der Waals surface area contributed by atoms with E-state index in [-0.39, 0.29) is 6.10 Å². The molecule has 1 saturated heterocycles. The summed E-state index contributed by atoms with van der Waals surface area (Å²) < 4.78 is 5.97. The fraction of sp³-hybridized carbons (Fsp3) is 0.571. The molecule has 0 aromatic heterocycles. The Morgan fingerprint density at radius 3 is 3.17 bits per heavy atom. The van der Waals surface area contributed by atoms with E-state index in [1.54, 1.807) is 0 Å². The van der Waals surface area contributed by atoms with Crippen LogP contribution in [0.1, 0.15) is 12.0 Å². The summed E-state index contributed by atoms with van der Waals surface area (Å²) >= 11 is 6.01. The van der Waals surface area contributed by atoms with Crippen molar-refractivity contribution in [1.29, 1.82) is 0 Å². The van der Waals surface area contributed by atoms with Crippen LogP contribution in [-0.4, -0.2) is 43.7 Å². The number of benzene rings is 1. The van der Waals surface area contributed by atoms with Gasteiger partial charge in [0.05, 0.1) is 0 Å². The Labute approximate surface area is 113 Å². The first-order chi connectivity index (χ1) is 8.74. The molecule has 0 aliphatic carbocycles. The van der Waals surface area contributed by atoms with Crippen LogP contribution in [0, 0.1) is 0 Å². The molecule has 98 valence electrons. The van der Waals surface area contributed by atoms with Crippen LogP contribution in [0.25, 0.3) is 0 Å². The fourth-order valence-corrected chi connectivity index (χ4v) is 3.11. The Morgan fingerprint density at radius 1 is 1.50 bits per heavy atom. The Hall–Kier alpha value is -0.770. The second-order valence-corrected chi connectivity index (χ2v) is 5.67. The summed E-state index contributed by atoms with van der Waals surface area (Å²) in [6, 6.07) is 6.55. The van der Waals surface area contributed by atoms with Crippen LogP contribution in [0.5, 0.6) is 5.75 Å². The average Bonchev–Trinajstić information content (AvgIpc) is 2.95. The zero-order chi connectivity index (χ0) is 12.5. The van der Waals surface area contributed by atoms with Crippen LogP contribution in [-0.2, 0) is 6.42 Å². The van der Waals surface area contributed by atoms with Crippen molar-refractivity contribution in [3.63, 3.8) is 0 Å². The number of halogens is 1. The molecule has 0 radical (unpaired) electrons. The second-order valence-electron chi connectivity index (χ2n) is 5.23. The van der Waals surface area contributed by atoms with Crippen LogP contribution in [0.3, 0.4) is 0 Å². The lowest BCUT2D eigenvalue weighted by molar-refractivity contribution is 0.166. The first kappa shape index (κ1) is 12.3. The van der Waals surface area contributed by atoms with Crippen molar-refractivity contribution < 1.29 is 4.74 Å². The van der Waals surface area contributed by atoms with Crippen molar-refractivity contribution in [3.8, 4) is 5.75 Å². The number of hydrogen-bond donors (Lipinski definition) is 1. The third-order valence-corrected chi connectivity index (χ3v) is 4.14. The van der Waals surface area contributed by atoms with Gasteiger partial charge in [0.2, 0.25) is 0 Å². The lowest BCUT2D eigenvalue weighted by atomic mass is 10.1. The van der Waals surface area contributed by atoms with E-state index in [0.29, 0.717) is 6.04 Å². The number of hydrogen-bond acceptors (Lipinski definition) is 3. The molecule has 0 saturated carbocycles. The first-order valence-electron chi connectivity index (χ1n) is 6.59. The summed E-state index contributed by atoms with van der Waals surface area (Å²) in [5.74, 6) is 1.01. The number of nitrogens with one attached hydrogen (secondary N) is 1. The highest BCUT2D eigenvalue weighted by molar-refractivity contribution is 6.30. The van der Waals surface area contributed by atoms with Gasteiger partial charge in [0.25, 0.3) is 0 Å². The predicted molar refractivity (Wildman–Crippen MR) is 73.5 cm³/mol. The Morgan fingerprint density at radius 2 is 2.39 bits per heavy atom. The van der Waals surface area contributed by atoms with Crippen molar-refractivity contribution >= 4 is 11.6 Å². The lowest BCUT2D eigenvalue weighted by Crippen LogP contribution is -2.35. The number of ether oxygens (including phenoxy) is 1. The van der Waals surface area contributed by atoms with Gasteiger partial charge in [-0.2, -0.15) is 0 Å². The van der Waals surface area contributed by atoms with Gasteiger partial charge in [-0.15, -0.1) is 0 Å². The maximum Gasteiger partial charge on any atom is 0.123 e. The van der Waals surface area contributed by atoms with Gasteiger partial charge in [0.15, 0.2) is 0 Å². The Balaban J connectivity index is 1.58. The van der Waals surface area contributed by atoms with Crippen molar-refractivity contribution in [2.24, 2.45) is 0 Å². The molecule has 2 atom stereocenters. The molecule has 0 spiro atoms. The average molecular weight is 267 g/mol. The molecular formula is C14H19ClN2O. The van der Waals surface area contributed by atoms with Crippen molar-refractivity contribution in [2.45, 2.75) is 25.0 Å². The zero-order valence-electron chi connectivity index (χ0n) is 10.7. The van der Waals surface area contributed by atoms with Gasteiger partial charge in [0, 0.05) is 30.6 Å². The number of fused-ring (bicyclic) bond motifs is 1. The second kappa shape index (κ2) is 5.08. The van der Waals surface area contributed by atoms with Crippen molar-refractivity contribution in [2.75, 3.05) is 26.7 Å². The van der Waals surface area contributed by atoms with Crippen LogP contribution >= 0.6 is 11.6 Å². The molecule has 1 aromatic rings. The van der Waals surface area contributed by atoms with Crippen LogP contribution in [0.15, 0.2) is 18.2 Å². The quantitative estimate of drug-likeness (QED) is 0.905. The molecule has 2 aliphatic heterocycles. The molecule has 2 aliphatic rings. The molecule has 3 rings (SSSR count). The molecule has 1 fully saturated rings. The van der Waals surface area contributed by atoms with E-state index >= 15 is 0 Å². The number of rotatable bonds is 3. The third-order valence-electron chi connectivity index (χ3n) is 3.91. The van der Waals surface area contributed by atoms with E-state index < -0.39 is 0 Å². The van der Waals surface area contributed by atoms with Crippen molar-refractivity contribution in [1.82, 2.24) is 10.2 Å². The first-order valence-corrected chi connectivity index (χ1v) is 6.97. The molecule has 1 N–H and O–H groups in total. The molecule has 1 aromatic carbocycles. The monoisotopic (exact) mass is 266 g/mol. The minimum Gasteiger partial charge on any atom is -0.488 e. The molecule has 0 amide bonds. The molecule has 0 bridgehead atoms. The summed E-state index contributed by atoms with van der Waals surface area (Å²) in [5.41, 5.74) is 1.25. The molecule has 4 heteroatoms. The van der Waals surface area contributed by atoms with E-state index in [9.17, 15) is 0 Å². The fourth-order valence-electron chi connectivity index (χ4n) is 2.91. The number of nitrogens with zero attached hydrogens (tertiary/aromatic N) is 1. The zero-order valence-corrected chi connectivity index (χ0v) is 11.4. The van der Waals surface area contributed by atoms with Gasteiger partial charge in [-0.1, -0.05) is 11.6 Å². The van der Waals surface area contributed by atoms with Crippen LogP contribution in [0.2, 0.25) is 5.02 Å². The maximum atomic E-state index is 6.01. The largest absolute Gasteiger partial charge is 0.488 e. The lowest BCUT2D eigenvalue weighted by Gasteiger charge is -2.20. The summed E-state index contributed by atoms with van der Waals surface area (Å²) in [6.07, 6.45) is 2.51. The molecule has 18 heavy (non-hydrogen) atoms. The van der Waals surface area contributed by atoms with E-state index in [0.717, 1.165) is 30.3 Å². The van der Waals surface area contributed by atoms with Gasteiger partial charge in [-0.05, 0) is 43.8 Å². The molecular weight excluding hydrogens is 248 g/mol. The van der Waals surface area contributed by atoms with Gasteiger partial charge < -0.3 is 10.1 Å². The smallest absolute Gasteiger partial charge is 0.123 e. The minimum absolute atomic E-state index is 0.286. The predicted octanol–water partition coefficient (Wildman–Crippen LogP) is 1.94. The van der Waals surface area contributed by atoms with E-state index in [4.69, 9.17) is 16.3 Å². The van der Waals surface area contributed by atoms with Crippen molar-refractivity contribution in [3.05, 3.63) is 28.8 Å². The number of likely N-dealkylation sites (tertiary alicyclic amines) is 1. The Kier molecular flexibility index (Phi) is 3.46. The highest BCUT2D eigenvalue weighted by Gasteiger charge is 2.28. The van der Waals surface area contributed by atoms with Gasteiger partial charge >= 0.3 is 0 Å². The molecule has 3 nitrogen and oxygen atoms in total. The molecule has 2 heterocycles. The number of likely N-dealkylation sites (N-methyl/N-ethyl adjacent to an activating group) is 1. The van der Waals surface area contributed by atoms with Gasteiger partial charge in [0.1, 0.15) is 11.9 Å². The van der Waals surface area contributed by atoms with Crippen LogP contribution < -0.4 is 10.1 Å². The standard InChI is InChI=1S/C14H19ClN2O/c1-16-12-4-5-17(8-12)9-13-7-10-6-11(15)2-3-14(10)18-13/h2-3,6,12-13,16H,4-5,7-9H2,1H3. The van der Waals surface area contributed by atoms with Gasteiger partial charge in [-0.3, -0.25) is 4.90 Å². The maximum absolute atomic E-state index is 6.01. The summed E-state index contributed by atoms with van der Waals surface area (Å²) in [5, 5.41) is 4.14. The van der Waals surface area contributed by atoms with Gasteiger partial charge in [-0.25, -0.2) is 0 Å². The van der Waals surface area contributed by atoms with E-state index in [1.165, 1.54) is 18.5 Å². The molecule has 2 unspecified atom stereocenters. The third kappa shape index (κ3) is 2.48.